The molecule has 1 amide bonds. The number of carbonyl (C=O) groups is 1. The molecule has 0 bridgehead atoms. The van der Waals surface area contributed by atoms with Gasteiger partial charge in [-0.15, -0.1) is 10.2 Å². The number of nitrogens with one attached hydrogen (secondary N) is 1. The number of nitrogens with zero attached hydrogens (tertiary/aromatic N) is 3. The summed E-state index contributed by atoms with van der Waals surface area (Å²) in [6.07, 6.45) is 4.32. The van der Waals surface area contributed by atoms with Gasteiger partial charge in [0.15, 0.2) is 0 Å². The van der Waals surface area contributed by atoms with Crippen LogP contribution >= 0.6 is 11.3 Å². The molecule has 5 nitrogen and oxygen atoms in total. The van der Waals surface area contributed by atoms with Gasteiger partial charge in [0.25, 0.3) is 5.91 Å². The number of carbonyl (C=O) groups excluding carboxylic acids is 1. The molecule has 26 heavy (non-hydrogen) atoms. The van der Waals surface area contributed by atoms with Crippen LogP contribution in [0.1, 0.15) is 47.6 Å². The molecule has 3 aromatic rings. The summed E-state index contributed by atoms with van der Waals surface area (Å²) in [7, 11) is 0. The third-order valence-corrected chi connectivity index (χ3v) is 5.24. The molecule has 2 heterocycles. The average Bonchev–Trinajstić information content (AvgIpc) is 3.13. The zero-order chi connectivity index (χ0) is 18.5. The van der Waals surface area contributed by atoms with Crippen LogP contribution in [0.5, 0.6) is 0 Å². The highest BCUT2D eigenvalue weighted by Crippen LogP contribution is 2.27. The molecule has 0 aliphatic heterocycles. The van der Waals surface area contributed by atoms with E-state index in [-0.39, 0.29) is 11.9 Å². The minimum absolute atomic E-state index is 0.0307. The van der Waals surface area contributed by atoms with Gasteiger partial charge < -0.3 is 5.32 Å². The highest BCUT2D eigenvalue weighted by Gasteiger charge is 2.13. The first-order chi connectivity index (χ1) is 12.5. The molecule has 3 rings (SSSR count). The molecule has 0 spiro atoms. The minimum Gasteiger partial charge on any atom is -0.349 e. The van der Waals surface area contributed by atoms with Crippen molar-refractivity contribution in [3.05, 3.63) is 64.9 Å². The molecule has 134 valence electrons. The third kappa shape index (κ3) is 4.52. The Morgan fingerprint density at radius 2 is 1.88 bits per heavy atom. The van der Waals surface area contributed by atoms with Crippen molar-refractivity contribution < 1.29 is 4.79 Å². The third-order valence-electron chi connectivity index (χ3n) is 3.97. The lowest BCUT2D eigenvalue weighted by molar-refractivity contribution is 0.0940. The van der Waals surface area contributed by atoms with Crippen molar-refractivity contribution in [2.45, 2.75) is 39.2 Å². The predicted molar refractivity (Wildman–Crippen MR) is 104 cm³/mol. The van der Waals surface area contributed by atoms with Crippen molar-refractivity contribution >= 4 is 17.2 Å². The Labute approximate surface area is 157 Å². The van der Waals surface area contributed by atoms with Crippen molar-refractivity contribution in [3.8, 4) is 10.6 Å². The molecule has 0 radical (unpaired) electrons. The molecule has 1 N–H and O–H groups in total. The van der Waals surface area contributed by atoms with E-state index in [0.29, 0.717) is 11.5 Å². The first-order valence-electron chi connectivity index (χ1n) is 8.66. The summed E-state index contributed by atoms with van der Waals surface area (Å²) in [6, 6.07) is 11.5. The van der Waals surface area contributed by atoms with Gasteiger partial charge in [-0.05, 0) is 37.1 Å². The number of benzene rings is 1. The van der Waals surface area contributed by atoms with Crippen molar-refractivity contribution in [2.24, 2.45) is 0 Å². The summed E-state index contributed by atoms with van der Waals surface area (Å²) < 4.78 is 0. The van der Waals surface area contributed by atoms with E-state index in [1.54, 1.807) is 17.5 Å². The second-order valence-electron chi connectivity index (χ2n) is 6.62. The number of aromatic nitrogens is 3. The van der Waals surface area contributed by atoms with Gasteiger partial charge >= 0.3 is 0 Å². The second kappa shape index (κ2) is 8.19. The van der Waals surface area contributed by atoms with Crippen LogP contribution in [0.25, 0.3) is 10.6 Å². The van der Waals surface area contributed by atoms with Crippen molar-refractivity contribution in [2.75, 3.05) is 0 Å². The largest absolute Gasteiger partial charge is 0.349 e. The summed E-state index contributed by atoms with van der Waals surface area (Å²) in [5.74, 6) is 0.292. The van der Waals surface area contributed by atoms with E-state index in [1.165, 1.54) is 0 Å². The number of hydrogen-bond donors (Lipinski definition) is 1. The lowest BCUT2D eigenvalue weighted by Crippen LogP contribution is -2.34. The van der Waals surface area contributed by atoms with E-state index < -0.39 is 0 Å². The van der Waals surface area contributed by atoms with Gasteiger partial charge in [-0.2, -0.15) is 0 Å². The molecular formula is C20H22N4OS. The van der Waals surface area contributed by atoms with Gasteiger partial charge in [0, 0.05) is 35.5 Å². The van der Waals surface area contributed by atoms with Gasteiger partial charge in [0.1, 0.15) is 10.0 Å². The normalized spacial score (nSPS) is 12.2. The highest BCUT2D eigenvalue weighted by atomic mass is 32.1. The van der Waals surface area contributed by atoms with E-state index in [2.05, 4.69) is 34.3 Å². The molecule has 0 aliphatic carbocycles. The molecule has 1 aromatic carbocycles. The predicted octanol–water partition coefficient (Wildman–Crippen LogP) is 4.08. The van der Waals surface area contributed by atoms with Gasteiger partial charge in [-0.3, -0.25) is 9.78 Å². The maximum atomic E-state index is 12.4. The number of pyridine rings is 1. The summed E-state index contributed by atoms with van der Waals surface area (Å²) in [5.41, 5.74) is 2.72. The van der Waals surface area contributed by atoms with E-state index in [0.717, 1.165) is 27.6 Å². The molecule has 1 atom stereocenters. The molecule has 0 saturated carbocycles. The first kappa shape index (κ1) is 18.2. The molecule has 2 aromatic heterocycles. The van der Waals surface area contributed by atoms with Gasteiger partial charge in [0.05, 0.1) is 0 Å². The lowest BCUT2D eigenvalue weighted by atomic mass is 10.1. The average molecular weight is 366 g/mol. The molecule has 1 unspecified atom stereocenters. The number of rotatable bonds is 6. The molecule has 0 fully saturated rings. The van der Waals surface area contributed by atoms with Crippen LogP contribution in [0, 0.1) is 0 Å². The topological polar surface area (TPSA) is 67.8 Å². The quantitative estimate of drug-likeness (QED) is 0.714. The fourth-order valence-corrected chi connectivity index (χ4v) is 3.43. The SMILES string of the molecule is CC(Cc1cccnc1)NC(=O)c1ccc(-c2nnc(C(C)C)s2)cc1. The Morgan fingerprint density at radius 3 is 2.50 bits per heavy atom. The molecule has 6 heteroatoms. The van der Waals surface area contributed by atoms with Crippen molar-refractivity contribution in [3.63, 3.8) is 0 Å². The fraction of sp³-hybridized carbons (Fsp3) is 0.300. The summed E-state index contributed by atoms with van der Waals surface area (Å²) in [6.45, 7) is 6.20. The second-order valence-corrected chi connectivity index (χ2v) is 7.63. The van der Waals surface area contributed by atoms with Crippen molar-refractivity contribution in [1.82, 2.24) is 20.5 Å². The van der Waals surface area contributed by atoms with Crippen LogP contribution in [0.3, 0.4) is 0 Å². The number of hydrogen-bond acceptors (Lipinski definition) is 5. The standard InChI is InChI=1S/C20H22N4OS/c1-13(2)19-23-24-20(26-19)17-8-6-16(7-9-17)18(25)22-14(3)11-15-5-4-10-21-12-15/h4-10,12-14H,11H2,1-3H3,(H,22,25). The van der Waals surface area contributed by atoms with Gasteiger partial charge in [0.2, 0.25) is 0 Å². The van der Waals surface area contributed by atoms with Crippen LogP contribution in [-0.4, -0.2) is 27.1 Å². The van der Waals surface area contributed by atoms with Crippen LogP contribution in [-0.2, 0) is 6.42 Å². The summed E-state index contributed by atoms with van der Waals surface area (Å²) in [5, 5.41) is 13.4. The molecule has 0 aliphatic rings. The number of amides is 1. The van der Waals surface area contributed by atoms with E-state index in [9.17, 15) is 4.79 Å². The first-order valence-corrected chi connectivity index (χ1v) is 9.48. The Kier molecular flexibility index (Phi) is 5.73. The fourth-order valence-electron chi connectivity index (χ4n) is 2.58. The molecule has 0 saturated heterocycles. The van der Waals surface area contributed by atoms with Crippen LogP contribution < -0.4 is 5.32 Å². The zero-order valence-corrected chi connectivity index (χ0v) is 16.0. The van der Waals surface area contributed by atoms with Gasteiger partial charge in [-0.1, -0.05) is 43.4 Å². The maximum Gasteiger partial charge on any atom is 0.251 e. The lowest BCUT2D eigenvalue weighted by Gasteiger charge is -2.14. The smallest absolute Gasteiger partial charge is 0.251 e. The van der Waals surface area contributed by atoms with Gasteiger partial charge in [-0.25, -0.2) is 0 Å². The van der Waals surface area contributed by atoms with E-state index in [1.807, 2.05) is 49.5 Å². The Bertz CT molecular complexity index is 859. The Hall–Kier alpha value is -2.60. The Morgan fingerprint density at radius 1 is 1.12 bits per heavy atom. The van der Waals surface area contributed by atoms with Crippen LogP contribution in [0.4, 0.5) is 0 Å². The maximum absolute atomic E-state index is 12.4. The molecular weight excluding hydrogens is 344 g/mol. The monoisotopic (exact) mass is 366 g/mol. The zero-order valence-electron chi connectivity index (χ0n) is 15.1. The Balaban J connectivity index is 1.63. The van der Waals surface area contributed by atoms with Crippen molar-refractivity contribution in [1.29, 1.82) is 0 Å². The van der Waals surface area contributed by atoms with Crippen LogP contribution in [0.15, 0.2) is 48.8 Å². The van der Waals surface area contributed by atoms with E-state index in [4.69, 9.17) is 0 Å². The van der Waals surface area contributed by atoms with Crippen LogP contribution in [0.2, 0.25) is 0 Å². The summed E-state index contributed by atoms with van der Waals surface area (Å²) in [4.78, 5) is 16.5. The highest BCUT2D eigenvalue weighted by molar-refractivity contribution is 7.14. The van der Waals surface area contributed by atoms with E-state index >= 15 is 0 Å². The minimum atomic E-state index is -0.0759. The summed E-state index contributed by atoms with van der Waals surface area (Å²) >= 11 is 1.59.